The molecule has 4 aromatic rings. The van der Waals surface area contributed by atoms with E-state index in [0.717, 1.165) is 32.9 Å². The number of hydrogen-bond acceptors (Lipinski definition) is 2. The minimum Gasteiger partial charge on any atom is -0.339 e. The number of nitrogens with one attached hydrogen (secondary N) is 1. The summed E-state index contributed by atoms with van der Waals surface area (Å²) in [6, 6.07) is 30.6. The Labute approximate surface area is 155 Å². The highest BCUT2D eigenvalue weighted by Crippen LogP contribution is 2.28. The highest BCUT2D eigenvalue weighted by molar-refractivity contribution is 9.10. The van der Waals surface area contributed by atoms with E-state index < -0.39 is 0 Å². The Balaban J connectivity index is 1.79. The molecule has 1 N–H and O–H groups in total. The maximum atomic E-state index is 4.77. The second-order valence-corrected chi connectivity index (χ2v) is 6.58. The standard InChI is InChI=1S/C21H16BrN3/c22-17-11-13-19(14-12-17)25-20(16-7-3-1-4-8-16)15-21(24-25)23-18-9-5-2-6-10-18/h1-15H,(H,23,24). The molecule has 0 aliphatic rings. The van der Waals surface area contributed by atoms with Gasteiger partial charge in [-0.2, -0.15) is 0 Å². The Morgan fingerprint density at radius 1 is 0.760 bits per heavy atom. The molecule has 3 nitrogen and oxygen atoms in total. The van der Waals surface area contributed by atoms with Crippen LogP contribution in [-0.2, 0) is 0 Å². The SMILES string of the molecule is Brc1ccc(-n2nc(Nc3ccccc3)cc2-c2ccccc2)cc1. The van der Waals surface area contributed by atoms with Crippen LogP contribution in [0.15, 0.2) is 95.5 Å². The molecule has 0 saturated carbocycles. The molecule has 0 aliphatic heterocycles. The lowest BCUT2D eigenvalue weighted by Crippen LogP contribution is -1.99. The topological polar surface area (TPSA) is 29.9 Å². The maximum Gasteiger partial charge on any atom is 0.153 e. The van der Waals surface area contributed by atoms with E-state index in [0.29, 0.717) is 0 Å². The van der Waals surface area contributed by atoms with Crippen LogP contribution in [0.25, 0.3) is 16.9 Å². The molecule has 0 aliphatic carbocycles. The van der Waals surface area contributed by atoms with Crippen molar-refractivity contribution in [3.63, 3.8) is 0 Å². The zero-order valence-electron chi connectivity index (χ0n) is 13.4. The van der Waals surface area contributed by atoms with Gasteiger partial charge in [0.25, 0.3) is 0 Å². The Morgan fingerprint density at radius 2 is 1.40 bits per heavy atom. The Bertz CT molecular complexity index is 961. The molecule has 0 radical (unpaired) electrons. The zero-order chi connectivity index (χ0) is 17.1. The number of halogens is 1. The third-order valence-corrected chi connectivity index (χ3v) is 4.42. The van der Waals surface area contributed by atoms with Crippen LogP contribution >= 0.6 is 15.9 Å². The average molecular weight is 390 g/mol. The fourth-order valence-electron chi connectivity index (χ4n) is 2.71. The van der Waals surface area contributed by atoms with Gasteiger partial charge in [-0.25, -0.2) is 4.68 Å². The first-order chi connectivity index (χ1) is 12.3. The highest BCUT2D eigenvalue weighted by atomic mass is 79.9. The number of aromatic nitrogens is 2. The van der Waals surface area contributed by atoms with Crippen LogP contribution < -0.4 is 5.32 Å². The average Bonchev–Trinajstić information content (AvgIpc) is 3.08. The molecule has 1 aromatic heterocycles. The van der Waals surface area contributed by atoms with Crippen LogP contribution in [-0.4, -0.2) is 9.78 Å². The van der Waals surface area contributed by atoms with Crippen molar-refractivity contribution in [1.29, 1.82) is 0 Å². The molecule has 3 aromatic carbocycles. The monoisotopic (exact) mass is 389 g/mol. The van der Waals surface area contributed by atoms with Gasteiger partial charge in [0.2, 0.25) is 0 Å². The van der Waals surface area contributed by atoms with Gasteiger partial charge in [-0.15, -0.1) is 5.10 Å². The number of hydrogen-bond donors (Lipinski definition) is 1. The fourth-order valence-corrected chi connectivity index (χ4v) is 2.97. The van der Waals surface area contributed by atoms with Crippen molar-refractivity contribution >= 4 is 27.4 Å². The van der Waals surface area contributed by atoms with Crippen molar-refractivity contribution in [3.05, 3.63) is 95.5 Å². The van der Waals surface area contributed by atoms with Crippen molar-refractivity contribution in [2.45, 2.75) is 0 Å². The summed E-state index contributed by atoms with van der Waals surface area (Å²) in [7, 11) is 0. The molecule has 122 valence electrons. The van der Waals surface area contributed by atoms with E-state index in [1.54, 1.807) is 0 Å². The number of anilines is 2. The van der Waals surface area contributed by atoms with Gasteiger partial charge in [0.05, 0.1) is 11.4 Å². The Morgan fingerprint density at radius 3 is 2.08 bits per heavy atom. The zero-order valence-corrected chi connectivity index (χ0v) is 15.0. The van der Waals surface area contributed by atoms with Crippen LogP contribution in [0, 0.1) is 0 Å². The summed E-state index contributed by atoms with van der Waals surface area (Å²) in [6.45, 7) is 0. The van der Waals surface area contributed by atoms with Crippen molar-refractivity contribution in [3.8, 4) is 16.9 Å². The van der Waals surface area contributed by atoms with Gasteiger partial charge in [-0.05, 0) is 36.4 Å². The van der Waals surface area contributed by atoms with E-state index in [1.807, 2.05) is 65.3 Å². The second-order valence-electron chi connectivity index (χ2n) is 5.66. The number of para-hydroxylation sites is 1. The summed E-state index contributed by atoms with van der Waals surface area (Å²) in [5.41, 5.74) is 4.20. The number of nitrogens with zero attached hydrogens (tertiary/aromatic N) is 2. The molecule has 25 heavy (non-hydrogen) atoms. The molecule has 0 bridgehead atoms. The van der Waals surface area contributed by atoms with Gasteiger partial charge >= 0.3 is 0 Å². The molecular formula is C21H16BrN3. The predicted molar refractivity (Wildman–Crippen MR) is 106 cm³/mol. The lowest BCUT2D eigenvalue weighted by atomic mass is 10.1. The summed E-state index contributed by atoms with van der Waals surface area (Å²) >= 11 is 3.49. The molecule has 0 atom stereocenters. The summed E-state index contributed by atoms with van der Waals surface area (Å²) in [5, 5.41) is 8.15. The lowest BCUT2D eigenvalue weighted by Gasteiger charge is -2.07. The predicted octanol–water partition coefficient (Wildman–Crippen LogP) is 6.05. The quantitative estimate of drug-likeness (QED) is 0.460. The normalized spacial score (nSPS) is 10.6. The first-order valence-electron chi connectivity index (χ1n) is 8.03. The molecular weight excluding hydrogens is 374 g/mol. The Hall–Kier alpha value is -2.85. The highest BCUT2D eigenvalue weighted by Gasteiger charge is 2.12. The molecule has 0 spiro atoms. The smallest absolute Gasteiger partial charge is 0.153 e. The summed E-state index contributed by atoms with van der Waals surface area (Å²) in [6.07, 6.45) is 0. The van der Waals surface area contributed by atoms with E-state index in [9.17, 15) is 0 Å². The molecule has 0 amide bonds. The van der Waals surface area contributed by atoms with Crippen LogP contribution in [0.2, 0.25) is 0 Å². The summed E-state index contributed by atoms with van der Waals surface area (Å²) in [5.74, 6) is 0.813. The van der Waals surface area contributed by atoms with E-state index in [4.69, 9.17) is 5.10 Å². The van der Waals surface area contributed by atoms with E-state index in [2.05, 4.69) is 51.6 Å². The Kier molecular flexibility index (Phi) is 4.36. The first-order valence-corrected chi connectivity index (χ1v) is 8.82. The van der Waals surface area contributed by atoms with Gasteiger partial charge in [-0.1, -0.05) is 64.5 Å². The van der Waals surface area contributed by atoms with Gasteiger partial charge in [0.1, 0.15) is 0 Å². The lowest BCUT2D eigenvalue weighted by molar-refractivity contribution is 0.891. The van der Waals surface area contributed by atoms with Gasteiger partial charge in [0.15, 0.2) is 5.82 Å². The molecule has 4 heteroatoms. The third-order valence-electron chi connectivity index (χ3n) is 3.90. The van der Waals surface area contributed by atoms with Gasteiger partial charge in [-0.3, -0.25) is 0 Å². The molecule has 4 rings (SSSR count). The van der Waals surface area contributed by atoms with Crippen LogP contribution in [0.1, 0.15) is 0 Å². The molecule has 0 saturated heterocycles. The second kappa shape index (κ2) is 6.95. The van der Waals surface area contributed by atoms with Crippen molar-refractivity contribution < 1.29 is 0 Å². The number of rotatable bonds is 4. The minimum absolute atomic E-state index is 0.813. The molecule has 0 unspecified atom stereocenters. The van der Waals surface area contributed by atoms with Crippen LogP contribution in [0.4, 0.5) is 11.5 Å². The summed E-state index contributed by atoms with van der Waals surface area (Å²) in [4.78, 5) is 0. The van der Waals surface area contributed by atoms with E-state index in [1.165, 1.54) is 0 Å². The maximum absolute atomic E-state index is 4.77. The van der Waals surface area contributed by atoms with Crippen LogP contribution in [0.5, 0.6) is 0 Å². The largest absolute Gasteiger partial charge is 0.339 e. The van der Waals surface area contributed by atoms with Crippen molar-refractivity contribution in [2.24, 2.45) is 0 Å². The van der Waals surface area contributed by atoms with Crippen molar-refractivity contribution in [2.75, 3.05) is 5.32 Å². The van der Waals surface area contributed by atoms with Gasteiger partial charge < -0.3 is 5.32 Å². The first kappa shape index (κ1) is 15.7. The van der Waals surface area contributed by atoms with E-state index >= 15 is 0 Å². The van der Waals surface area contributed by atoms with E-state index in [-0.39, 0.29) is 0 Å². The minimum atomic E-state index is 0.813. The van der Waals surface area contributed by atoms with Gasteiger partial charge in [0, 0.05) is 21.8 Å². The van der Waals surface area contributed by atoms with Crippen molar-refractivity contribution in [1.82, 2.24) is 9.78 Å². The number of benzene rings is 3. The third kappa shape index (κ3) is 3.49. The molecule has 0 fully saturated rings. The summed E-state index contributed by atoms with van der Waals surface area (Å²) < 4.78 is 3.01. The van der Waals surface area contributed by atoms with Crippen LogP contribution in [0.3, 0.4) is 0 Å². The fraction of sp³-hybridized carbons (Fsp3) is 0. The molecule has 1 heterocycles.